The lowest BCUT2D eigenvalue weighted by Gasteiger charge is -2.11. The van der Waals surface area contributed by atoms with Gasteiger partial charge in [-0.15, -0.1) is 0 Å². The lowest BCUT2D eigenvalue weighted by molar-refractivity contribution is -0.118. The van der Waals surface area contributed by atoms with Crippen LogP contribution in [0.4, 0.5) is 8.78 Å². The van der Waals surface area contributed by atoms with Crippen LogP contribution >= 0.6 is 11.6 Å². The fraction of sp³-hybridized carbons (Fsp3) is 0.235. The first kappa shape index (κ1) is 20.1. The molecule has 0 saturated carbocycles. The van der Waals surface area contributed by atoms with Crippen LogP contribution in [0.3, 0.4) is 0 Å². The van der Waals surface area contributed by atoms with Crippen LogP contribution in [0.25, 0.3) is 0 Å². The Morgan fingerprint density at radius 3 is 2.42 bits per heavy atom. The predicted octanol–water partition coefficient (Wildman–Crippen LogP) is 3.07. The van der Waals surface area contributed by atoms with E-state index in [0.717, 1.165) is 0 Å². The molecule has 5 nitrogen and oxygen atoms in total. The number of hydrogen-bond acceptors (Lipinski definition) is 4. The zero-order chi connectivity index (χ0) is 19.2. The lowest BCUT2D eigenvalue weighted by Crippen LogP contribution is -2.31. The van der Waals surface area contributed by atoms with Crippen molar-refractivity contribution >= 4 is 27.3 Å². The molecule has 0 spiro atoms. The van der Waals surface area contributed by atoms with E-state index in [4.69, 9.17) is 11.6 Å². The van der Waals surface area contributed by atoms with Gasteiger partial charge < -0.3 is 10.1 Å². The molecule has 0 bridgehead atoms. The van der Waals surface area contributed by atoms with Gasteiger partial charge in [0.1, 0.15) is 11.5 Å². The highest BCUT2D eigenvalue weighted by molar-refractivity contribution is 7.92. The number of carbonyl (C=O) groups excluding carboxylic acids is 1. The molecular formula is C17H16ClF2NO4S. The Morgan fingerprint density at radius 2 is 1.77 bits per heavy atom. The second kappa shape index (κ2) is 8.95. The van der Waals surface area contributed by atoms with Crippen molar-refractivity contribution in [2.45, 2.75) is 17.9 Å². The van der Waals surface area contributed by atoms with Gasteiger partial charge in [-0.25, -0.2) is 8.42 Å². The Hall–Kier alpha value is -2.19. The normalized spacial score (nSPS) is 11.4. The summed E-state index contributed by atoms with van der Waals surface area (Å²) in [4.78, 5) is 11.9. The van der Waals surface area contributed by atoms with Crippen LogP contribution in [-0.4, -0.2) is 33.2 Å². The summed E-state index contributed by atoms with van der Waals surface area (Å²) in [5, 5.41) is 2.85. The van der Waals surface area contributed by atoms with E-state index in [2.05, 4.69) is 10.1 Å². The molecule has 1 amide bonds. The Morgan fingerprint density at radius 1 is 1.12 bits per heavy atom. The molecule has 1 N–H and O–H groups in total. The number of halogens is 3. The summed E-state index contributed by atoms with van der Waals surface area (Å²) in [5.74, 6) is -1.39. The molecule has 2 aromatic carbocycles. The zero-order valence-corrected chi connectivity index (χ0v) is 15.1. The maximum absolute atomic E-state index is 12.4. The summed E-state index contributed by atoms with van der Waals surface area (Å²) < 4.78 is 53.4. The number of rotatable bonds is 8. The lowest BCUT2D eigenvalue weighted by atomic mass is 10.1. The van der Waals surface area contributed by atoms with E-state index in [1.54, 1.807) is 18.2 Å². The van der Waals surface area contributed by atoms with Crippen LogP contribution < -0.4 is 10.1 Å². The minimum atomic E-state index is -3.79. The fourth-order valence-electron chi connectivity index (χ4n) is 2.21. The predicted molar refractivity (Wildman–Crippen MR) is 93.3 cm³/mol. The van der Waals surface area contributed by atoms with Gasteiger partial charge in [0, 0.05) is 11.6 Å². The number of benzene rings is 2. The van der Waals surface area contributed by atoms with E-state index in [1.165, 1.54) is 30.3 Å². The summed E-state index contributed by atoms with van der Waals surface area (Å²) >= 11 is 5.71. The summed E-state index contributed by atoms with van der Waals surface area (Å²) in [5.41, 5.74) is 0.480. The van der Waals surface area contributed by atoms with Crippen molar-refractivity contribution in [3.8, 4) is 5.75 Å². The molecule has 0 aliphatic heterocycles. The third kappa shape index (κ3) is 5.96. The fourth-order valence-corrected chi connectivity index (χ4v) is 3.50. The molecule has 9 heteroatoms. The monoisotopic (exact) mass is 403 g/mol. The van der Waals surface area contributed by atoms with Crippen LogP contribution in [0.5, 0.6) is 5.75 Å². The van der Waals surface area contributed by atoms with E-state index >= 15 is 0 Å². The van der Waals surface area contributed by atoms with Gasteiger partial charge >= 0.3 is 6.61 Å². The van der Waals surface area contributed by atoms with Crippen molar-refractivity contribution in [2.75, 3.05) is 12.3 Å². The molecule has 0 aromatic heterocycles. The van der Waals surface area contributed by atoms with Crippen LogP contribution in [0.1, 0.15) is 5.56 Å². The minimum Gasteiger partial charge on any atom is -0.435 e. The van der Waals surface area contributed by atoms with Crippen LogP contribution in [0.15, 0.2) is 53.4 Å². The highest BCUT2D eigenvalue weighted by atomic mass is 35.5. The molecule has 0 aliphatic carbocycles. The Labute approximate surface area is 154 Å². The van der Waals surface area contributed by atoms with Crippen molar-refractivity contribution in [2.24, 2.45) is 0 Å². The number of sulfone groups is 1. The SMILES string of the molecule is O=C(CS(=O)(=O)c1ccc(Cl)cc1)NCCc1ccccc1OC(F)F. The maximum atomic E-state index is 12.4. The number of ether oxygens (including phenoxy) is 1. The van der Waals surface area contributed by atoms with Crippen LogP contribution in [-0.2, 0) is 21.1 Å². The molecule has 2 aromatic rings. The van der Waals surface area contributed by atoms with Gasteiger partial charge in [-0.05, 0) is 42.3 Å². The third-order valence-corrected chi connectivity index (χ3v) is 5.28. The Kier molecular flexibility index (Phi) is 6.93. The Balaban J connectivity index is 1.90. The van der Waals surface area contributed by atoms with Crippen molar-refractivity contribution in [3.63, 3.8) is 0 Å². The number of nitrogens with one attached hydrogen (secondary N) is 1. The molecule has 26 heavy (non-hydrogen) atoms. The van der Waals surface area contributed by atoms with Crippen molar-refractivity contribution in [1.29, 1.82) is 0 Å². The highest BCUT2D eigenvalue weighted by Gasteiger charge is 2.19. The second-order valence-corrected chi connectivity index (χ2v) is 7.73. The standard InChI is InChI=1S/C17H16ClF2NO4S/c18-13-5-7-14(8-6-13)26(23,24)11-16(22)21-10-9-12-3-1-2-4-15(12)25-17(19)20/h1-8,17H,9-11H2,(H,21,22). The summed E-state index contributed by atoms with van der Waals surface area (Å²) in [7, 11) is -3.79. The number of hydrogen-bond donors (Lipinski definition) is 1. The molecule has 0 heterocycles. The molecule has 0 saturated heterocycles. The molecule has 0 aliphatic rings. The van der Waals surface area contributed by atoms with E-state index < -0.39 is 28.1 Å². The third-order valence-electron chi connectivity index (χ3n) is 3.40. The van der Waals surface area contributed by atoms with Gasteiger partial charge in [0.15, 0.2) is 9.84 Å². The van der Waals surface area contributed by atoms with Crippen LogP contribution in [0.2, 0.25) is 5.02 Å². The first-order valence-corrected chi connectivity index (χ1v) is 9.59. The van der Waals surface area contributed by atoms with Gasteiger partial charge in [-0.1, -0.05) is 29.8 Å². The average molecular weight is 404 g/mol. The summed E-state index contributed by atoms with van der Waals surface area (Å²) in [6.07, 6.45) is 0.218. The smallest absolute Gasteiger partial charge is 0.387 e. The topological polar surface area (TPSA) is 72.5 Å². The summed E-state index contributed by atoms with van der Waals surface area (Å²) in [6.45, 7) is -2.87. The number of alkyl halides is 2. The van der Waals surface area contributed by atoms with Gasteiger partial charge in [-0.2, -0.15) is 8.78 Å². The maximum Gasteiger partial charge on any atom is 0.387 e. The largest absolute Gasteiger partial charge is 0.435 e. The van der Waals surface area contributed by atoms with E-state index in [0.29, 0.717) is 10.6 Å². The first-order valence-electron chi connectivity index (χ1n) is 7.55. The van der Waals surface area contributed by atoms with Crippen LogP contribution in [0, 0.1) is 0 Å². The van der Waals surface area contributed by atoms with Crippen molar-refractivity contribution in [1.82, 2.24) is 5.32 Å². The number of amides is 1. The molecule has 0 radical (unpaired) electrons. The van der Waals surface area contributed by atoms with Gasteiger partial charge in [0.25, 0.3) is 0 Å². The molecule has 0 unspecified atom stereocenters. The molecule has 2 rings (SSSR count). The second-order valence-electron chi connectivity index (χ2n) is 5.30. The number of para-hydroxylation sites is 1. The Bertz CT molecular complexity index is 857. The van der Waals surface area contributed by atoms with Crippen molar-refractivity contribution in [3.05, 3.63) is 59.1 Å². The molecule has 0 atom stereocenters. The van der Waals surface area contributed by atoms with E-state index in [1.807, 2.05) is 0 Å². The molecular weight excluding hydrogens is 388 g/mol. The van der Waals surface area contributed by atoms with Crippen molar-refractivity contribution < 1.29 is 26.7 Å². The zero-order valence-electron chi connectivity index (χ0n) is 13.5. The van der Waals surface area contributed by atoms with E-state index in [9.17, 15) is 22.0 Å². The number of carbonyl (C=O) groups is 1. The minimum absolute atomic E-state index is 0.00673. The van der Waals surface area contributed by atoms with E-state index in [-0.39, 0.29) is 23.6 Å². The highest BCUT2D eigenvalue weighted by Crippen LogP contribution is 2.20. The summed E-state index contributed by atoms with van der Waals surface area (Å²) in [6, 6.07) is 11.7. The van der Waals surface area contributed by atoms with Gasteiger partial charge in [0.2, 0.25) is 5.91 Å². The van der Waals surface area contributed by atoms with Gasteiger partial charge in [0.05, 0.1) is 4.90 Å². The quantitative estimate of drug-likeness (QED) is 0.735. The average Bonchev–Trinajstić information content (AvgIpc) is 2.56. The molecule has 140 valence electrons. The van der Waals surface area contributed by atoms with Gasteiger partial charge in [-0.3, -0.25) is 4.79 Å². The molecule has 0 fully saturated rings. The first-order chi connectivity index (χ1) is 12.3.